The van der Waals surface area contributed by atoms with E-state index in [2.05, 4.69) is 10.6 Å². The molecule has 21 heavy (non-hydrogen) atoms. The minimum Gasteiger partial charge on any atom is -0.360 e. The number of carbonyl (C=O) groups is 1. The van der Waals surface area contributed by atoms with Crippen LogP contribution in [0.25, 0.3) is 0 Å². The topological polar surface area (TPSA) is 64.9 Å². The molecule has 0 heterocycles. The fourth-order valence-electron chi connectivity index (χ4n) is 1.42. The van der Waals surface area contributed by atoms with Gasteiger partial charge < -0.3 is 10.6 Å². The van der Waals surface area contributed by atoms with E-state index in [4.69, 9.17) is 5.26 Å². The first kappa shape index (κ1) is 16.6. The van der Waals surface area contributed by atoms with Crippen molar-refractivity contribution in [2.75, 3.05) is 11.9 Å². The quantitative estimate of drug-likeness (QED) is 0.648. The van der Waals surface area contributed by atoms with Gasteiger partial charge in [0.1, 0.15) is 11.6 Å². The third-order valence-electron chi connectivity index (χ3n) is 2.47. The molecule has 0 spiro atoms. The van der Waals surface area contributed by atoms with E-state index < -0.39 is 17.6 Å². The van der Waals surface area contributed by atoms with Gasteiger partial charge in [-0.25, -0.2) is 0 Å². The molecule has 1 aromatic carbocycles. The number of nitrogens with one attached hydrogen (secondary N) is 2. The molecule has 0 aliphatic rings. The van der Waals surface area contributed by atoms with Crippen molar-refractivity contribution >= 4 is 11.6 Å². The predicted molar refractivity (Wildman–Crippen MR) is 72.1 cm³/mol. The summed E-state index contributed by atoms with van der Waals surface area (Å²) in [5.41, 5.74) is -0.878. The predicted octanol–water partition coefficient (Wildman–Crippen LogP) is 3.05. The zero-order chi connectivity index (χ0) is 15.9. The molecule has 1 aromatic rings. The highest BCUT2D eigenvalue weighted by Crippen LogP contribution is 2.30. The number of alkyl halides is 3. The maximum Gasteiger partial charge on any atom is 0.416 e. The molecule has 0 atom stereocenters. The van der Waals surface area contributed by atoms with Crippen molar-refractivity contribution in [1.29, 1.82) is 5.26 Å². The molecule has 1 amide bonds. The first-order valence-corrected chi connectivity index (χ1v) is 6.20. The van der Waals surface area contributed by atoms with Crippen LogP contribution >= 0.6 is 0 Å². The number of rotatable bonds is 5. The largest absolute Gasteiger partial charge is 0.416 e. The average molecular weight is 297 g/mol. The molecule has 7 heteroatoms. The van der Waals surface area contributed by atoms with Crippen molar-refractivity contribution in [2.24, 2.45) is 0 Å². The number of nitrogens with zero attached hydrogens (tertiary/aromatic N) is 1. The molecule has 0 unspecified atom stereocenters. The van der Waals surface area contributed by atoms with Crippen LogP contribution in [0.2, 0.25) is 0 Å². The number of anilines is 1. The normalized spacial score (nSPS) is 11.7. The SMILES string of the molecule is CCCNC(=O)/C(C#N)=C\Nc1cccc(C(F)(F)F)c1. The molecule has 0 aliphatic carbocycles. The van der Waals surface area contributed by atoms with E-state index in [0.29, 0.717) is 13.0 Å². The molecule has 4 nitrogen and oxygen atoms in total. The van der Waals surface area contributed by atoms with Gasteiger partial charge in [0.05, 0.1) is 5.56 Å². The molecular formula is C14H14F3N3O. The number of amides is 1. The van der Waals surface area contributed by atoms with E-state index in [1.165, 1.54) is 12.1 Å². The third kappa shape index (κ3) is 5.18. The highest BCUT2D eigenvalue weighted by molar-refractivity contribution is 5.97. The molecule has 2 N–H and O–H groups in total. The van der Waals surface area contributed by atoms with E-state index in [1.54, 1.807) is 6.07 Å². The second kappa shape index (κ2) is 7.33. The first-order chi connectivity index (χ1) is 9.88. The first-order valence-electron chi connectivity index (χ1n) is 6.20. The second-order valence-corrected chi connectivity index (χ2v) is 4.15. The number of benzene rings is 1. The Labute approximate surface area is 120 Å². The minimum atomic E-state index is -4.45. The Morgan fingerprint density at radius 1 is 1.43 bits per heavy atom. The van der Waals surface area contributed by atoms with Crippen LogP contribution in [0.3, 0.4) is 0 Å². The van der Waals surface area contributed by atoms with Gasteiger partial charge in [-0.15, -0.1) is 0 Å². The zero-order valence-corrected chi connectivity index (χ0v) is 11.3. The summed E-state index contributed by atoms with van der Waals surface area (Å²) in [6.45, 7) is 2.28. The van der Waals surface area contributed by atoms with Crippen LogP contribution in [0.4, 0.5) is 18.9 Å². The molecule has 1 rings (SSSR count). The molecule has 0 fully saturated rings. The van der Waals surface area contributed by atoms with Crippen LogP contribution in [-0.2, 0) is 11.0 Å². The number of carbonyl (C=O) groups excluding carboxylic acids is 1. The van der Waals surface area contributed by atoms with E-state index in [-0.39, 0.29) is 11.3 Å². The molecule has 0 bridgehead atoms. The summed E-state index contributed by atoms with van der Waals surface area (Å²) < 4.78 is 37.6. The number of hydrogen-bond donors (Lipinski definition) is 2. The Hall–Kier alpha value is -2.49. The van der Waals surface area contributed by atoms with Crippen LogP contribution in [0, 0.1) is 11.3 Å². The fraction of sp³-hybridized carbons (Fsp3) is 0.286. The van der Waals surface area contributed by atoms with Crippen LogP contribution in [0.1, 0.15) is 18.9 Å². The molecule has 0 saturated heterocycles. The van der Waals surface area contributed by atoms with E-state index >= 15 is 0 Å². The van der Waals surface area contributed by atoms with Gasteiger partial charge in [-0.3, -0.25) is 4.79 Å². The summed E-state index contributed by atoms with van der Waals surface area (Å²) in [7, 11) is 0. The van der Waals surface area contributed by atoms with Gasteiger partial charge in [0.2, 0.25) is 0 Å². The van der Waals surface area contributed by atoms with Crippen molar-refractivity contribution in [3.05, 3.63) is 41.6 Å². The van der Waals surface area contributed by atoms with Crippen molar-refractivity contribution in [3.63, 3.8) is 0 Å². The lowest BCUT2D eigenvalue weighted by atomic mass is 10.2. The van der Waals surface area contributed by atoms with Gasteiger partial charge in [0.15, 0.2) is 0 Å². The monoisotopic (exact) mass is 297 g/mol. The number of hydrogen-bond acceptors (Lipinski definition) is 3. The van der Waals surface area contributed by atoms with Crippen LogP contribution in [-0.4, -0.2) is 12.5 Å². The summed E-state index contributed by atoms with van der Waals surface area (Å²) in [6, 6.07) is 6.17. The van der Waals surface area contributed by atoms with Crippen molar-refractivity contribution in [3.8, 4) is 6.07 Å². The van der Waals surface area contributed by atoms with Crippen molar-refractivity contribution in [2.45, 2.75) is 19.5 Å². The summed E-state index contributed by atoms with van der Waals surface area (Å²) in [5, 5.41) is 13.9. The Bertz CT molecular complexity index is 574. The number of nitriles is 1. The Morgan fingerprint density at radius 2 is 2.14 bits per heavy atom. The second-order valence-electron chi connectivity index (χ2n) is 4.15. The molecule has 0 aromatic heterocycles. The Balaban J connectivity index is 2.83. The zero-order valence-electron chi connectivity index (χ0n) is 11.3. The highest BCUT2D eigenvalue weighted by Gasteiger charge is 2.30. The van der Waals surface area contributed by atoms with Crippen LogP contribution < -0.4 is 10.6 Å². The van der Waals surface area contributed by atoms with Crippen molar-refractivity contribution in [1.82, 2.24) is 5.32 Å². The maximum absolute atomic E-state index is 12.5. The molecule has 0 radical (unpaired) electrons. The molecule has 0 aliphatic heterocycles. The van der Waals surface area contributed by atoms with Gasteiger partial charge >= 0.3 is 6.18 Å². The maximum atomic E-state index is 12.5. The van der Waals surface area contributed by atoms with Gasteiger partial charge in [-0.1, -0.05) is 13.0 Å². The molecule has 0 saturated carbocycles. The summed E-state index contributed by atoms with van der Waals surface area (Å²) in [5.74, 6) is -0.571. The Kier molecular flexibility index (Phi) is 5.79. The van der Waals surface area contributed by atoms with Crippen LogP contribution in [0.5, 0.6) is 0 Å². The minimum absolute atomic E-state index is 0.140. The van der Waals surface area contributed by atoms with E-state index in [0.717, 1.165) is 18.3 Å². The lowest BCUT2D eigenvalue weighted by Crippen LogP contribution is -2.25. The van der Waals surface area contributed by atoms with Gasteiger partial charge in [0.25, 0.3) is 5.91 Å². The third-order valence-corrected chi connectivity index (χ3v) is 2.47. The number of halogens is 3. The highest BCUT2D eigenvalue weighted by atomic mass is 19.4. The van der Waals surface area contributed by atoms with Gasteiger partial charge in [0, 0.05) is 18.4 Å². The van der Waals surface area contributed by atoms with Crippen molar-refractivity contribution < 1.29 is 18.0 Å². The van der Waals surface area contributed by atoms with Gasteiger partial charge in [-0.2, -0.15) is 18.4 Å². The van der Waals surface area contributed by atoms with E-state index in [9.17, 15) is 18.0 Å². The lowest BCUT2D eigenvalue weighted by molar-refractivity contribution is -0.137. The van der Waals surface area contributed by atoms with E-state index in [1.807, 2.05) is 6.92 Å². The lowest BCUT2D eigenvalue weighted by Gasteiger charge is -2.09. The summed E-state index contributed by atoms with van der Waals surface area (Å²) in [6.07, 6.45) is -2.65. The summed E-state index contributed by atoms with van der Waals surface area (Å²) in [4.78, 5) is 11.6. The van der Waals surface area contributed by atoms with Gasteiger partial charge in [-0.05, 0) is 24.6 Å². The molecular weight excluding hydrogens is 283 g/mol. The Morgan fingerprint density at radius 3 is 2.71 bits per heavy atom. The summed E-state index contributed by atoms with van der Waals surface area (Å²) >= 11 is 0. The molecule has 112 valence electrons. The standard InChI is InChI=1S/C14H14F3N3O/c1-2-6-19-13(21)10(8-18)9-20-12-5-3-4-11(7-12)14(15,16)17/h3-5,7,9,20H,2,6H2,1H3,(H,19,21)/b10-9-. The average Bonchev–Trinajstić information content (AvgIpc) is 2.45. The van der Waals surface area contributed by atoms with Crippen LogP contribution in [0.15, 0.2) is 36.0 Å². The smallest absolute Gasteiger partial charge is 0.360 e. The fourth-order valence-corrected chi connectivity index (χ4v) is 1.42.